The lowest BCUT2D eigenvalue weighted by Gasteiger charge is -2.09. The van der Waals surface area contributed by atoms with Crippen LogP contribution in [0.25, 0.3) is 22.5 Å². The zero-order valence-electron chi connectivity index (χ0n) is 12.6. The number of methoxy groups -OCH3 is 1. The van der Waals surface area contributed by atoms with E-state index in [-0.39, 0.29) is 5.97 Å². The minimum Gasteiger partial charge on any atom is -0.465 e. The van der Waals surface area contributed by atoms with Crippen molar-refractivity contribution < 1.29 is 9.53 Å². The van der Waals surface area contributed by atoms with E-state index in [9.17, 15) is 4.79 Å². The fourth-order valence-electron chi connectivity index (χ4n) is 2.70. The molecule has 0 fully saturated rings. The van der Waals surface area contributed by atoms with E-state index in [2.05, 4.69) is 0 Å². The molecule has 3 aromatic rings. The number of nitrogens with zero attached hydrogens (tertiary/aromatic N) is 1. The normalized spacial score (nSPS) is 10.5. The number of rotatable bonds is 3. The fourth-order valence-corrected chi connectivity index (χ4v) is 2.70. The maximum Gasteiger partial charge on any atom is 0.340 e. The molecule has 0 unspecified atom stereocenters. The lowest BCUT2D eigenvalue weighted by Crippen LogP contribution is -2.03. The zero-order valence-corrected chi connectivity index (χ0v) is 12.6. The molecular formula is C19H17NO2. The minimum atomic E-state index is -0.323. The third-order valence-corrected chi connectivity index (χ3v) is 3.76. The van der Waals surface area contributed by atoms with Crippen molar-refractivity contribution in [2.24, 2.45) is 7.05 Å². The van der Waals surface area contributed by atoms with E-state index in [0.29, 0.717) is 5.56 Å². The summed E-state index contributed by atoms with van der Waals surface area (Å²) >= 11 is 0. The van der Waals surface area contributed by atoms with E-state index in [1.54, 1.807) is 0 Å². The second-order valence-electron chi connectivity index (χ2n) is 5.07. The van der Waals surface area contributed by atoms with Crippen LogP contribution >= 0.6 is 0 Å². The largest absolute Gasteiger partial charge is 0.465 e. The van der Waals surface area contributed by atoms with Gasteiger partial charge in [0.15, 0.2) is 0 Å². The van der Waals surface area contributed by atoms with Crippen LogP contribution in [0, 0.1) is 0 Å². The van der Waals surface area contributed by atoms with Crippen molar-refractivity contribution in [1.82, 2.24) is 4.57 Å². The van der Waals surface area contributed by atoms with Gasteiger partial charge in [0, 0.05) is 12.7 Å². The van der Waals surface area contributed by atoms with Crippen LogP contribution in [-0.2, 0) is 11.8 Å². The topological polar surface area (TPSA) is 31.2 Å². The molecule has 2 aromatic carbocycles. The van der Waals surface area contributed by atoms with Crippen LogP contribution < -0.4 is 0 Å². The average molecular weight is 291 g/mol. The Morgan fingerprint density at radius 3 is 2.00 bits per heavy atom. The summed E-state index contributed by atoms with van der Waals surface area (Å²) in [5.74, 6) is -0.323. The van der Waals surface area contributed by atoms with Gasteiger partial charge in [0.25, 0.3) is 0 Å². The summed E-state index contributed by atoms with van der Waals surface area (Å²) in [5.41, 5.74) is 4.49. The number of esters is 1. The average Bonchev–Trinajstić information content (AvgIpc) is 2.93. The second-order valence-corrected chi connectivity index (χ2v) is 5.07. The third kappa shape index (κ3) is 2.42. The highest BCUT2D eigenvalue weighted by atomic mass is 16.5. The van der Waals surface area contributed by atoms with Crippen LogP contribution in [0.3, 0.4) is 0 Å². The Kier molecular flexibility index (Phi) is 3.79. The summed E-state index contributed by atoms with van der Waals surface area (Å²) in [6.07, 6.45) is 0. The molecule has 0 saturated heterocycles. The first-order valence-electron chi connectivity index (χ1n) is 7.11. The van der Waals surface area contributed by atoms with Crippen LogP contribution in [0.5, 0.6) is 0 Å². The number of benzene rings is 2. The molecule has 0 spiro atoms. The van der Waals surface area contributed by atoms with Gasteiger partial charge in [-0.05, 0) is 17.2 Å². The smallest absolute Gasteiger partial charge is 0.340 e. The van der Waals surface area contributed by atoms with Gasteiger partial charge in [-0.1, -0.05) is 60.7 Å². The fraction of sp³-hybridized carbons (Fsp3) is 0.105. The van der Waals surface area contributed by atoms with E-state index >= 15 is 0 Å². The van der Waals surface area contributed by atoms with Gasteiger partial charge in [-0.3, -0.25) is 0 Å². The number of carbonyl (C=O) groups is 1. The lowest BCUT2D eigenvalue weighted by molar-refractivity contribution is 0.0601. The maximum atomic E-state index is 12.2. The van der Waals surface area contributed by atoms with E-state index in [4.69, 9.17) is 4.74 Å². The van der Waals surface area contributed by atoms with E-state index in [1.165, 1.54) is 7.11 Å². The van der Waals surface area contributed by atoms with Crippen LogP contribution in [-0.4, -0.2) is 17.6 Å². The van der Waals surface area contributed by atoms with E-state index < -0.39 is 0 Å². The Morgan fingerprint density at radius 2 is 1.45 bits per heavy atom. The highest BCUT2D eigenvalue weighted by Crippen LogP contribution is 2.32. The molecule has 0 radical (unpaired) electrons. The van der Waals surface area contributed by atoms with Gasteiger partial charge in [-0.25, -0.2) is 4.79 Å². The van der Waals surface area contributed by atoms with Crippen molar-refractivity contribution in [3.05, 3.63) is 72.3 Å². The van der Waals surface area contributed by atoms with Crippen molar-refractivity contribution in [2.45, 2.75) is 0 Å². The third-order valence-electron chi connectivity index (χ3n) is 3.76. The lowest BCUT2D eigenvalue weighted by atomic mass is 10.1. The number of aromatic nitrogens is 1. The molecule has 0 saturated carbocycles. The summed E-state index contributed by atoms with van der Waals surface area (Å²) in [6.45, 7) is 0. The first kappa shape index (κ1) is 14.1. The molecule has 0 aliphatic rings. The first-order chi connectivity index (χ1) is 10.7. The Morgan fingerprint density at radius 1 is 0.909 bits per heavy atom. The molecule has 0 aliphatic heterocycles. The standard InChI is InChI=1S/C19H17NO2/c1-20-17(14-9-5-3-6-10-14)13-16(19(21)22-2)18(20)15-11-7-4-8-12-15/h3-13H,1-2H3. The molecule has 110 valence electrons. The zero-order chi connectivity index (χ0) is 15.5. The molecule has 0 N–H and O–H groups in total. The molecule has 1 aromatic heterocycles. The van der Waals surface area contributed by atoms with Gasteiger partial charge in [0.2, 0.25) is 0 Å². The number of carbonyl (C=O) groups excluding carboxylic acids is 1. The van der Waals surface area contributed by atoms with Crippen LogP contribution in [0.4, 0.5) is 0 Å². The Labute approximate surface area is 129 Å². The van der Waals surface area contributed by atoms with Crippen molar-refractivity contribution in [3.63, 3.8) is 0 Å². The minimum absolute atomic E-state index is 0.323. The molecule has 1 heterocycles. The van der Waals surface area contributed by atoms with E-state index in [1.807, 2.05) is 78.3 Å². The molecule has 3 rings (SSSR count). The highest BCUT2D eigenvalue weighted by molar-refractivity contribution is 5.98. The summed E-state index contributed by atoms with van der Waals surface area (Å²) in [7, 11) is 3.38. The van der Waals surface area contributed by atoms with Crippen LogP contribution in [0.15, 0.2) is 66.7 Å². The Hall–Kier alpha value is -2.81. The molecule has 22 heavy (non-hydrogen) atoms. The van der Waals surface area contributed by atoms with Gasteiger partial charge in [-0.15, -0.1) is 0 Å². The van der Waals surface area contributed by atoms with Crippen molar-refractivity contribution in [1.29, 1.82) is 0 Å². The first-order valence-corrected chi connectivity index (χ1v) is 7.11. The van der Waals surface area contributed by atoms with Gasteiger partial charge < -0.3 is 9.30 Å². The highest BCUT2D eigenvalue weighted by Gasteiger charge is 2.20. The summed E-state index contributed by atoms with van der Waals surface area (Å²) in [6, 6.07) is 21.8. The van der Waals surface area contributed by atoms with Gasteiger partial charge >= 0.3 is 5.97 Å². The summed E-state index contributed by atoms with van der Waals surface area (Å²) in [4.78, 5) is 12.2. The number of hydrogen-bond donors (Lipinski definition) is 0. The van der Waals surface area contributed by atoms with Gasteiger partial charge in [0.05, 0.1) is 18.4 Å². The number of hydrogen-bond acceptors (Lipinski definition) is 2. The van der Waals surface area contributed by atoms with Gasteiger partial charge in [0.1, 0.15) is 0 Å². The molecule has 3 nitrogen and oxygen atoms in total. The summed E-state index contributed by atoms with van der Waals surface area (Å²) < 4.78 is 6.99. The Balaban J connectivity index is 2.24. The quantitative estimate of drug-likeness (QED) is 0.679. The van der Waals surface area contributed by atoms with Crippen LogP contribution in [0.1, 0.15) is 10.4 Å². The Bertz CT molecular complexity index is 789. The molecule has 0 amide bonds. The summed E-state index contributed by atoms with van der Waals surface area (Å²) in [5, 5.41) is 0. The molecular weight excluding hydrogens is 274 g/mol. The SMILES string of the molecule is COC(=O)c1cc(-c2ccccc2)n(C)c1-c1ccccc1. The molecule has 0 aliphatic carbocycles. The van der Waals surface area contributed by atoms with Crippen LogP contribution in [0.2, 0.25) is 0 Å². The molecule has 0 atom stereocenters. The molecule has 0 bridgehead atoms. The van der Waals surface area contributed by atoms with E-state index in [0.717, 1.165) is 22.5 Å². The second kappa shape index (κ2) is 5.90. The van der Waals surface area contributed by atoms with Crippen molar-refractivity contribution in [3.8, 4) is 22.5 Å². The number of ether oxygens (including phenoxy) is 1. The van der Waals surface area contributed by atoms with Crippen molar-refractivity contribution in [2.75, 3.05) is 7.11 Å². The predicted molar refractivity (Wildman–Crippen MR) is 87.6 cm³/mol. The maximum absolute atomic E-state index is 12.2. The molecule has 3 heteroatoms. The monoisotopic (exact) mass is 291 g/mol. The van der Waals surface area contributed by atoms with Crippen molar-refractivity contribution >= 4 is 5.97 Å². The predicted octanol–water partition coefficient (Wildman–Crippen LogP) is 4.15. The van der Waals surface area contributed by atoms with Gasteiger partial charge in [-0.2, -0.15) is 0 Å².